The number of ether oxygens (including phenoxy) is 3. The Bertz CT molecular complexity index is 2400. The number of nitrogens with zero attached hydrogens (tertiary/aromatic N) is 5. The highest BCUT2D eigenvalue weighted by atomic mass is 19.3. The van der Waals surface area contributed by atoms with Crippen molar-refractivity contribution in [1.29, 1.82) is 0 Å². The first-order valence-electron chi connectivity index (χ1n) is 20.1. The van der Waals surface area contributed by atoms with Crippen LogP contribution >= 0.6 is 0 Å². The van der Waals surface area contributed by atoms with Gasteiger partial charge in [0.1, 0.15) is 17.0 Å². The summed E-state index contributed by atoms with van der Waals surface area (Å²) in [5, 5.41) is 33.4. The van der Waals surface area contributed by atoms with Crippen molar-refractivity contribution >= 4 is 39.9 Å². The van der Waals surface area contributed by atoms with Crippen molar-refractivity contribution in [2.45, 2.75) is 83.2 Å². The number of alkyl halides is 2. The fourth-order valence-corrected chi connectivity index (χ4v) is 8.07. The summed E-state index contributed by atoms with van der Waals surface area (Å²) in [6, 6.07) is 17.9. The number of halogens is 2. The molecule has 16 heteroatoms. The van der Waals surface area contributed by atoms with Crippen molar-refractivity contribution in [2.75, 3.05) is 32.8 Å². The lowest BCUT2D eigenvalue weighted by atomic mass is 9.95. The van der Waals surface area contributed by atoms with Gasteiger partial charge in [0.25, 0.3) is 12.9 Å². The Morgan fingerprint density at radius 2 is 1.68 bits per heavy atom. The highest BCUT2D eigenvalue weighted by molar-refractivity contribution is 5.97. The molecule has 0 amide bonds. The molecule has 2 aliphatic rings. The molecule has 14 nitrogen and oxygen atoms in total. The summed E-state index contributed by atoms with van der Waals surface area (Å²) in [6.45, 7) is 3.67. The second-order valence-corrected chi connectivity index (χ2v) is 14.9. The molecule has 5 N–H and O–H groups in total. The highest BCUT2D eigenvalue weighted by Gasteiger charge is 2.25. The Balaban J connectivity index is 0.00000176. The SMILES string of the molecule is COc1cc(-n2ncc3c(-c4cccc(Nc5nc(C(F)F)nc6cc(CNC7CCCCC7)cnc56)c4C)cccc32)cc(OC)c1CNC1CCOCC1O.O=CO. The molecule has 0 spiro atoms. The number of benzene rings is 3. The molecule has 1 saturated heterocycles. The van der Waals surface area contributed by atoms with Crippen molar-refractivity contribution in [3.05, 3.63) is 89.5 Å². The minimum atomic E-state index is -2.85. The van der Waals surface area contributed by atoms with Gasteiger partial charge in [-0.15, -0.1) is 0 Å². The van der Waals surface area contributed by atoms with E-state index < -0.39 is 18.4 Å². The molecule has 0 radical (unpaired) electrons. The van der Waals surface area contributed by atoms with Gasteiger partial charge in [-0.1, -0.05) is 43.5 Å². The predicted octanol–water partition coefficient (Wildman–Crippen LogP) is 7.40. The highest BCUT2D eigenvalue weighted by Crippen LogP contribution is 2.38. The van der Waals surface area contributed by atoms with E-state index in [0.29, 0.717) is 67.0 Å². The van der Waals surface area contributed by atoms with Crippen molar-refractivity contribution in [1.82, 2.24) is 35.4 Å². The summed E-state index contributed by atoms with van der Waals surface area (Å²) < 4.78 is 47.2. The molecule has 1 saturated carbocycles. The first kappa shape index (κ1) is 42.3. The molecular formula is C44H50F2N8O6. The topological polar surface area (TPSA) is 178 Å². The van der Waals surface area contributed by atoms with Crippen LogP contribution in [0, 0.1) is 6.92 Å². The van der Waals surface area contributed by atoms with Crippen LogP contribution in [0.5, 0.6) is 11.5 Å². The maximum atomic E-state index is 14.1. The van der Waals surface area contributed by atoms with Gasteiger partial charge in [-0.05, 0) is 66.6 Å². The van der Waals surface area contributed by atoms with Crippen LogP contribution in [0.25, 0.3) is 38.8 Å². The van der Waals surface area contributed by atoms with Gasteiger partial charge >= 0.3 is 0 Å². The first-order chi connectivity index (χ1) is 29.2. The van der Waals surface area contributed by atoms with E-state index in [1.807, 2.05) is 72.4 Å². The first-order valence-corrected chi connectivity index (χ1v) is 20.1. The molecule has 316 valence electrons. The largest absolute Gasteiger partial charge is 0.496 e. The second kappa shape index (κ2) is 19.5. The van der Waals surface area contributed by atoms with Crippen LogP contribution in [0.3, 0.4) is 0 Å². The Morgan fingerprint density at radius 1 is 0.950 bits per heavy atom. The standard InChI is InChI=1S/C43H48F2N8O4.CH2O2/c1-25-29(11-7-13-33(25)50-42-40-35(51-43(52-42)41(44)45)17-26(21-48-40)20-46-27-9-5-4-6-10-27)30-12-8-14-36-31(30)23-49-53(36)28-18-38(55-2)32(39(19-28)56-3)22-47-34-15-16-57-24-37(34)54;2-1-3/h7-8,11-14,17-19,21,23,27,34,37,41,46-47,54H,4-6,9-10,15-16,20,22,24H2,1-3H3,(H,50,51,52);1H,(H,2,3). The zero-order valence-corrected chi connectivity index (χ0v) is 33.8. The summed E-state index contributed by atoms with van der Waals surface area (Å²) >= 11 is 0. The lowest BCUT2D eigenvalue weighted by molar-refractivity contribution is -0.122. The van der Waals surface area contributed by atoms with Crippen LogP contribution in [0.4, 0.5) is 20.3 Å². The number of carbonyl (C=O) groups is 1. The van der Waals surface area contributed by atoms with Crippen LogP contribution in [0.2, 0.25) is 0 Å². The monoisotopic (exact) mass is 824 g/mol. The third-order valence-electron chi connectivity index (χ3n) is 11.2. The molecule has 3 aromatic carbocycles. The fraction of sp³-hybridized carbons (Fsp3) is 0.386. The molecule has 2 fully saturated rings. The van der Waals surface area contributed by atoms with Crippen molar-refractivity contribution < 1.29 is 38.0 Å². The second-order valence-electron chi connectivity index (χ2n) is 14.9. The van der Waals surface area contributed by atoms with Gasteiger partial charge in [-0.3, -0.25) is 9.78 Å². The van der Waals surface area contributed by atoms with E-state index in [2.05, 4.69) is 30.9 Å². The Kier molecular flexibility index (Phi) is 13.8. The van der Waals surface area contributed by atoms with Gasteiger partial charge < -0.3 is 40.4 Å². The van der Waals surface area contributed by atoms with E-state index in [4.69, 9.17) is 29.2 Å². The summed E-state index contributed by atoms with van der Waals surface area (Å²) in [7, 11) is 3.24. The maximum Gasteiger partial charge on any atom is 0.297 e. The van der Waals surface area contributed by atoms with Gasteiger partial charge in [0.2, 0.25) is 0 Å². The van der Waals surface area contributed by atoms with Gasteiger partial charge in [0.05, 0.1) is 55.4 Å². The lowest BCUT2D eigenvalue weighted by Gasteiger charge is -2.29. The average molecular weight is 825 g/mol. The van der Waals surface area contributed by atoms with Crippen molar-refractivity contribution in [3.63, 3.8) is 0 Å². The number of methoxy groups -OCH3 is 2. The van der Waals surface area contributed by atoms with E-state index in [-0.39, 0.29) is 18.3 Å². The number of hydrogen-bond acceptors (Lipinski definition) is 12. The number of fused-ring (bicyclic) bond motifs is 2. The molecule has 8 rings (SSSR count). The maximum absolute atomic E-state index is 14.1. The molecule has 60 heavy (non-hydrogen) atoms. The normalized spacial score (nSPS) is 17.1. The lowest BCUT2D eigenvalue weighted by Crippen LogP contribution is -2.46. The van der Waals surface area contributed by atoms with E-state index in [1.165, 1.54) is 19.3 Å². The number of aromatic nitrogens is 5. The molecular weight excluding hydrogens is 775 g/mol. The van der Waals surface area contributed by atoms with Crippen LogP contribution in [0.15, 0.2) is 67.0 Å². The van der Waals surface area contributed by atoms with E-state index in [1.54, 1.807) is 20.4 Å². The van der Waals surface area contributed by atoms with Crippen LogP contribution in [-0.2, 0) is 22.6 Å². The number of hydrogen-bond donors (Lipinski definition) is 5. The number of aliphatic hydroxyl groups is 1. The minimum absolute atomic E-state index is 0.100. The smallest absolute Gasteiger partial charge is 0.297 e. The van der Waals surface area contributed by atoms with Crippen molar-refractivity contribution in [3.8, 4) is 28.3 Å². The van der Waals surface area contributed by atoms with Gasteiger partial charge in [0, 0.05) is 61.2 Å². The summed E-state index contributed by atoms with van der Waals surface area (Å²) in [4.78, 5) is 21.5. The molecule has 1 aliphatic heterocycles. The van der Waals surface area contributed by atoms with E-state index in [0.717, 1.165) is 57.2 Å². The quantitative estimate of drug-likeness (QED) is 0.0729. The Morgan fingerprint density at radius 3 is 2.40 bits per heavy atom. The number of rotatable bonds is 13. The Hall–Kier alpha value is -5.81. The summed E-state index contributed by atoms with van der Waals surface area (Å²) in [5.41, 5.74) is 7.61. The fourth-order valence-electron chi connectivity index (χ4n) is 8.07. The zero-order chi connectivity index (χ0) is 42.2. The van der Waals surface area contributed by atoms with Crippen LogP contribution in [0.1, 0.15) is 67.5 Å². The molecule has 4 heterocycles. The molecule has 2 atom stereocenters. The third-order valence-corrected chi connectivity index (χ3v) is 11.2. The minimum Gasteiger partial charge on any atom is -0.496 e. The van der Waals surface area contributed by atoms with E-state index >= 15 is 0 Å². The average Bonchev–Trinajstić information content (AvgIpc) is 3.71. The van der Waals surface area contributed by atoms with Crippen LogP contribution in [-0.4, -0.2) is 87.0 Å². The van der Waals surface area contributed by atoms with E-state index in [9.17, 15) is 13.9 Å². The summed E-state index contributed by atoms with van der Waals surface area (Å²) in [6.07, 6.45) is 6.87. The molecule has 0 bridgehead atoms. The number of carboxylic acid groups (broad SMARTS) is 1. The Labute approximate surface area is 346 Å². The molecule has 3 aromatic heterocycles. The van der Waals surface area contributed by atoms with Crippen molar-refractivity contribution in [2.24, 2.45) is 0 Å². The number of nitrogens with one attached hydrogen (secondary N) is 3. The van der Waals surface area contributed by atoms with Gasteiger partial charge in [-0.2, -0.15) is 5.10 Å². The number of pyridine rings is 1. The molecule has 1 aliphatic carbocycles. The predicted molar refractivity (Wildman–Crippen MR) is 224 cm³/mol. The molecule has 2 unspecified atom stereocenters. The molecule has 6 aromatic rings. The third kappa shape index (κ3) is 9.31. The summed E-state index contributed by atoms with van der Waals surface area (Å²) in [5.74, 6) is 0.925. The number of aliphatic hydroxyl groups excluding tert-OH is 1. The van der Waals surface area contributed by atoms with Gasteiger partial charge in [0.15, 0.2) is 11.6 Å². The van der Waals surface area contributed by atoms with Crippen LogP contribution < -0.4 is 25.4 Å². The van der Waals surface area contributed by atoms with Gasteiger partial charge in [-0.25, -0.2) is 23.4 Å². The zero-order valence-electron chi connectivity index (χ0n) is 33.8. The number of anilines is 2.